The largest absolute Gasteiger partial charge is 0.497 e. The van der Waals surface area contributed by atoms with Crippen molar-refractivity contribution in [2.75, 3.05) is 13.7 Å². The zero-order valence-electron chi connectivity index (χ0n) is 13.2. The van der Waals surface area contributed by atoms with E-state index in [0.717, 1.165) is 10.5 Å². The normalized spacial score (nSPS) is 14.1. The molecule has 1 aliphatic rings. The SMILES string of the molecule is COc1ccc(CC(=CF)CN2C(=O)c3ccccc3C2=O)cc1. The first-order chi connectivity index (χ1) is 11.6. The summed E-state index contributed by atoms with van der Waals surface area (Å²) < 4.78 is 18.4. The number of rotatable bonds is 5. The number of hydrogen-bond donors (Lipinski definition) is 0. The maximum Gasteiger partial charge on any atom is 0.261 e. The average Bonchev–Trinajstić information content (AvgIpc) is 2.87. The number of halogens is 1. The lowest BCUT2D eigenvalue weighted by Gasteiger charge is -2.16. The van der Waals surface area contributed by atoms with Crippen LogP contribution in [0.25, 0.3) is 0 Å². The fourth-order valence-corrected chi connectivity index (χ4v) is 2.72. The van der Waals surface area contributed by atoms with E-state index < -0.39 is 0 Å². The van der Waals surface area contributed by atoms with Crippen molar-refractivity contribution in [3.63, 3.8) is 0 Å². The quantitative estimate of drug-likeness (QED) is 0.792. The van der Waals surface area contributed by atoms with Crippen molar-refractivity contribution in [3.05, 3.63) is 77.1 Å². The van der Waals surface area contributed by atoms with Crippen LogP contribution in [0.4, 0.5) is 4.39 Å². The van der Waals surface area contributed by atoms with Crippen molar-refractivity contribution in [1.82, 2.24) is 4.90 Å². The molecule has 0 radical (unpaired) electrons. The Balaban J connectivity index is 1.74. The van der Waals surface area contributed by atoms with Crippen LogP contribution < -0.4 is 4.74 Å². The van der Waals surface area contributed by atoms with E-state index in [1.54, 1.807) is 43.5 Å². The number of methoxy groups -OCH3 is 1. The lowest BCUT2D eigenvalue weighted by molar-refractivity contribution is 0.0667. The average molecular weight is 325 g/mol. The van der Waals surface area contributed by atoms with Crippen molar-refractivity contribution < 1.29 is 18.7 Å². The highest BCUT2D eigenvalue weighted by atomic mass is 19.1. The third kappa shape index (κ3) is 2.93. The molecule has 0 spiro atoms. The summed E-state index contributed by atoms with van der Waals surface area (Å²) >= 11 is 0. The molecule has 2 aromatic rings. The molecule has 0 fully saturated rings. The monoisotopic (exact) mass is 325 g/mol. The molecule has 0 unspecified atom stereocenters. The van der Waals surface area contributed by atoms with Gasteiger partial charge >= 0.3 is 0 Å². The lowest BCUT2D eigenvalue weighted by Crippen LogP contribution is -2.32. The predicted octanol–water partition coefficient (Wildman–Crippen LogP) is 3.39. The van der Waals surface area contributed by atoms with Gasteiger partial charge in [-0.2, -0.15) is 0 Å². The lowest BCUT2D eigenvalue weighted by atomic mass is 10.1. The third-order valence-electron chi connectivity index (χ3n) is 3.98. The Morgan fingerprint density at radius 3 is 2.12 bits per heavy atom. The summed E-state index contributed by atoms with van der Waals surface area (Å²) in [4.78, 5) is 25.7. The first-order valence-electron chi connectivity index (χ1n) is 7.50. The summed E-state index contributed by atoms with van der Waals surface area (Å²) in [5, 5.41) is 0. The van der Waals surface area contributed by atoms with E-state index in [2.05, 4.69) is 0 Å². The molecule has 0 saturated heterocycles. The standard InChI is InChI=1S/C19H16FNO3/c1-24-15-8-6-13(7-9-15)10-14(11-20)12-21-18(22)16-4-2-3-5-17(16)19(21)23/h2-9,11H,10,12H2,1H3. The molecule has 3 rings (SSSR count). The highest BCUT2D eigenvalue weighted by Gasteiger charge is 2.35. The van der Waals surface area contributed by atoms with Gasteiger partial charge in [0.2, 0.25) is 0 Å². The molecule has 122 valence electrons. The van der Waals surface area contributed by atoms with Gasteiger partial charge in [0.05, 0.1) is 31.1 Å². The van der Waals surface area contributed by atoms with Gasteiger partial charge in [-0.05, 0) is 41.8 Å². The molecule has 5 heteroatoms. The fourth-order valence-electron chi connectivity index (χ4n) is 2.72. The van der Waals surface area contributed by atoms with Crippen molar-refractivity contribution in [3.8, 4) is 5.75 Å². The van der Waals surface area contributed by atoms with Crippen LogP contribution in [0.3, 0.4) is 0 Å². The van der Waals surface area contributed by atoms with Crippen LogP contribution in [0.5, 0.6) is 5.75 Å². The topological polar surface area (TPSA) is 46.6 Å². The molecular formula is C19H16FNO3. The molecular weight excluding hydrogens is 309 g/mol. The van der Waals surface area contributed by atoms with Crippen molar-refractivity contribution in [2.24, 2.45) is 0 Å². The second-order valence-electron chi connectivity index (χ2n) is 5.53. The van der Waals surface area contributed by atoms with Crippen molar-refractivity contribution in [2.45, 2.75) is 6.42 Å². The maximum absolute atomic E-state index is 13.3. The Hall–Kier alpha value is -2.95. The molecule has 2 aromatic carbocycles. The van der Waals surface area contributed by atoms with E-state index in [-0.39, 0.29) is 18.4 Å². The Bertz CT molecular complexity index is 777. The molecule has 0 aromatic heterocycles. The number of fused-ring (bicyclic) bond motifs is 1. The summed E-state index contributed by atoms with van der Waals surface area (Å²) in [7, 11) is 1.57. The summed E-state index contributed by atoms with van der Waals surface area (Å²) in [5.41, 5.74) is 1.96. The van der Waals surface area contributed by atoms with Gasteiger partial charge in [-0.25, -0.2) is 4.39 Å². The van der Waals surface area contributed by atoms with E-state index in [9.17, 15) is 14.0 Å². The number of imide groups is 1. The highest BCUT2D eigenvalue weighted by Crippen LogP contribution is 2.24. The number of benzene rings is 2. The second kappa shape index (κ2) is 6.66. The number of hydrogen-bond acceptors (Lipinski definition) is 3. The molecule has 1 heterocycles. The van der Waals surface area contributed by atoms with Crippen LogP contribution in [0, 0.1) is 0 Å². The molecule has 4 nitrogen and oxygen atoms in total. The molecule has 0 N–H and O–H groups in total. The minimum absolute atomic E-state index is 0.0606. The number of carbonyl (C=O) groups is 2. The molecule has 24 heavy (non-hydrogen) atoms. The van der Waals surface area contributed by atoms with E-state index in [1.807, 2.05) is 12.1 Å². The Kier molecular flexibility index (Phi) is 4.42. The van der Waals surface area contributed by atoms with E-state index in [0.29, 0.717) is 35.2 Å². The van der Waals surface area contributed by atoms with Crippen LogP contribution in [-0.2, 0) is 6.42 Å². The smallest absolute Gasteiger partial charge is 0.261 e. The zero-order chi connectivity index (χ0) is 17.1. The molecule has 0 atom stereocenters. The van der Waals surface area contributed by atoms with Crippen LogP contribution in [0.1, 0.15) is 26.3 Å². The molecule has 1 aliphatic heterocycles. The summed E-state index contributed by atoms with van der Waals surface area (Å²) in [6.45, 7) is -0.0606. The molecule has 0 bridgehead atoms. The van der Waals surface area contributed by atoms with E-state index >= 15 is 0 Å². The van der Waals surface area contributed by atoms with Gasteiger partial charge in [0.1, 0.15) is 5.75 Å². The van der Waals surface area contributed by atoms with Crippen molar-refractivity contribution in [1.29, 1.82) is 0 Å². The highest BCUT2D eigenvalue weighted by molar-refractivity contribution is 6.21. The minimum Gasteiger partial charge on any atom is -0.497 e. The van der Waals surface area contributed by atoms with Crippen LogP contribution in [-0.4, -0.2) is 30.4 Å². The van der Waals surface area contributed by atoms with Gasteiger partial charge in [0, 0.05) is 0 Å². The Morgan fingerprint density at radius 2 is 1.62 bits per heavy atom. The zero-order valence-corrected chi connectivity index (χ0v) is 13.2. The van der Waals surface area contributed by atoms with E-state index in [4.69, 9.17) is 4.74 Å². The fraction of sp³-hybridized carbons (Fsp3) is 0.158. The minimum atomic E-state index is -0.385. The Morgan fingerprint density at radius 1 is 1.04 bits per heavy atom. The van der Waals surface area contributed by atoms with Gasteiger partial charge in [0.15, 0.2) is 0 Å². The van der Waals surface area contributed by atoms with Gasteiger partial charge in [-0.15, -0.1) is 0 Å². The summed E-state index contributed by atoms with van der Waals surface area (Å²) in [6, 6.07) is 13.8. The molecule has 2 amide bonds. The number of nitrogens with zero attached hydrogens (tertiary/aromatic N) is 1. The van der Waals surface area contributed by atoms with Crippen molar-refractivity contribution >= 4 is 11.8 Å². The number of ether oxygens (including phenoxy) is 1. The van der Waals surface area contributed by atoms with Gasteiger partial charge < -0.3 is 4.74 Å². The Labute approximate surface area is 139 Å². The maximum atomic E-state index is 13.3. The van der Waals surface area contributed by atoms with Gasteiger partial charge in [-0.1, -0.05) is 24.3 Å². The third-order valence-corrected chi connectivity index (χ3v) is 3.98. The van der Waals surface area contributed by atoms with Crippen LogP contribution >= 0.6 is 0 Å². The first kappa shape index (κ1) is 15.9. The van der Waals surface area contributed by atoms with Gasteiger partial charge in [-0.3, -0.25) is 14.5 Å². The second-order valence-corrected chi connectivity index (χ2v) is 5.53. The van der Waals surface area contributed by atoms with E-state index in [1.165, 1.54) is 0 Å². The number of amides is 2. The summed E-state index contributed by atoms with van der Waals surface area (Å²) in [5.74, 6) is -0.0563. The van der Waals surface area contributed by atoms with Crippen LogP contribution in [0.15, 0.2) is 60.4 Å². The molecule has 0 saturated carbocycles. The van der Waals surface area contributed by atoms with Crippen LogP contribution in [0.2, 0.25) is 0 Å². The van der Waals surface area contributed by atoms with Gasteiger partial charge in [0.25, 0.3) is 11.8 Å². The molecule has 0 aliphatic carbocycles. The summed E-state index contributed by atoms with van der Waals surface area (Å²) in [6.07, 6.45) is 0.779. The first-order valence-corrected chi connectivity index (χ1v) is 7.50. The predicted molar refractivity (Wildman–Crippen MR) is 87.7 cm³/mol. The number of carbonyl (C=O) groups excluding carboxylic acids is 2.